The highest BCUT2D eigenvalue weighted by Crippen LogP contribution is 2.41. The predicted molar refractivity (Wildman–Crippen MR) is 90.5 cm³/mol. The number of benzene rings is 1. The Balaban J connectivity index is 2.81. The number of hydrogen-bond donors (Lipinski definition) is 0. The zero-order chi connectivity index (χ0) is 28.3. The van der Waals surface area contributed by atoms with Crippen LogP contribution < -0.4 is 8.37 Å². The number of ketones is 2. The zero-order valence-electron chi connectivity index (χ0n) is 15.8. The Morgan fingerprint density at radius 1 is 0.556 bits per heavy atom. The van der Waals surface area contributed by atoms with Gasteiger partial charge in [0.05, 0.1) is 11.1 Å². The summed E-state index contributed by atoms with van der Waals surface area (Å²) in [6, 6.07) is -0.212. The van der Waals surface area contributed by atoms with Gasteiger partial charge in [0.25, 0.3) is 0 Å². The number of allylic oxidation sites excluding steroid dienone is 2. The second-order valence-electron chi connectivity index (χ2n) is 5.96. The first kappa shape index (κ1) is 29.2. The highest BCUT2D eigenvalue weighted by atomic mass is 32.2. The van der Waals surface area contributed by atoms with E-state index in [-0.39, 0.29) is 12.1 Å². The van der Waals surface area contributed by atoms with Gasteiger partial charge in [-0.15, -0.1) is 0 Å². The normalized spacial score (nSPS) is 15.8. The van der Waals surface area contributed by atoms with E-state index in [2.05, 4.69) is 12.5 Å². The minimum Gasteiger partial charge on any atom is -0.375 e. The van der Waals surface area contributed by atoms with Crippen molar-refractivity contribution < 1.29 is 86.9 Å². The van der Waals surface area contributed by atoms with Crippen molar-refractivity contribution in [2.45, 2.75) is 16.5 Å². The number of halogens is 9. The monoisotopic (exact) mass is 602 g/mol. The summed E-state index contributed by atoms with van der Waals surface area (Å²) in [6.07, 6.45) is -0.428. The number of Topliss-reactive ketones (excluding diaryl/α,β-unsaturated/α-hetero) is 1. The number of alkyl halides is 9. The first-order chi connectivity index (χ1) is 15.8. The molecule has 0 radical (unpaired) electrons. The maximum Gasteiger partial charge on any atom is 0.534 e. The minimum absolute atomic E-state index is 0.0688. The van der Waals surface area contributed by atoms with Crippen LogP contribution in [0.2, 0.25) is 0 Å². The van der Waals surface area contributed by atoms with Gasteiger partial charge < -0.3 is 12.5 Å². The summed E-state index contributed by atoms with van der Waals surface area (Å²) in [7, 11) is -20.1. The van der Waals surface area contributed by atoms with Crippen LogP contribution in [0.4, 0.5) is 39.5 Å². The maximum absolute atomic E-state index is 12.7. The molecule has 0 spiro atoms. The van der Waals surface area contributed by atoms with Crippen molar-refractivity contribution in [3.63, 3.8) is 0 Å². The Morgan fingerprint density at radius 3 is 1.25 bits per heavy atom. The summed E-state index contributed by atoms with van der Waals surface area (Å²) in [5.74, 6) is -10.3. The molecule has 0 heterocycles. The van der Waals surface area contributed by atoms with Crippen LogP contribution in [0.15, 0.2) is 24.0 Å². The van der Waals surface area contributed by atoms with Crippen molar-refractivity contribution in [2.75, 3.05) is 0 Å². The average Bonchev–Trinajstić information content (AvgIpc) is 2.63. The quantitative estimate of drug-likeness (QED) is 0.267. The number of fused-ring (bicyclic) bond motifs is 1. The molecule has 0 saturated heterocycles. The molecular formula is C13H3F9O11S3. The van der Waals surface area contributed by atoms with Gasteiger partial charge in [-0.25, -0.2) is 0 Å². The van der Waals surface area contributed by atoms with Crippen molar-refractivity contribution in [3.05, 3.63) is 35.1 Å². The Morgan fingerprint density at radius 2 is 0.889 bits per heavy atom. The molecular weight excluding hydrogens is 599 g/mol. The molecule has 36 heavy (non-hydrogen) atoms. The van der Waals surface area contributed by atoms with Crippen LogP contribution in [0.5, 0.6) is 11.5 Å². The van der Waals surface area contributed by atoms with Gasteiger partial charge in [0.15, 0.2) is 23.0 Å². The molecule has 1 aromatic rings. The van der Waals surface area contributed by atoms with Gasteiger partial charge in [-0.1, -0.05) is 0 Å². The molecule has 0 atom stereocenters. The van der Waals surface area contributed by atoms with Crippen LogP contribution in [0.3, 0.4) is 0 Å². The van der Waals surface area contributed by atoms with E-state index in [0.717, 1.165) is 0 Å². The van der Waals surface area contributed by atoms with E-state index in [1.165, 1.54) is 0 Å². The second kappa shape index (κ2) is 8.50. The van der Waals surface area contributed by atoms with Crippen LogP contribution >= 0.6 is 0 Å². The lowest BCUT2D eigenvalue weighted by atomic mass is 9.92. The molecule has 23 heteroatoms. The number of carbonyl (C=O) groups is 2. The Hall–Kier alpha value is -3.08. The molecule has 1 aliphatic carbocycles. The summed E-state index contributed by atoms with van der Waals surface area (Å²) in [5.41, 5.74) is -22.4. The standard InChI is InChI=1S/C13H3F9O11S3/c14-11(15,16)34(25,26)31-5-1-2-6(32-35(27,28)12(17,18)19)9-8(5)4(23)3-7(10(9)24)33-36(29,30)13(20,21)22/h1-3H. The van der Waals surface area contributed by atoms with Crippen LogP contribution in [-0.4, -0.2) is 53.3 Å². The van der Waals surface area contributed by atoms with E-state index in [0.29, 0.717) is 0 Å². The molecule has 0 fully saturated rings. The number of rotatable bonds is 6. The summed E-state index contributed by atoms with van der Waals surface area (Å²) in [6.45, 7) is 0. The molecule has 202 valence electrons. The molecule has 0 saturated carbocycles. The van der Waals surface area contributed by atoms with E-state index in [9.17, 15) is 74.4 Å². The Labute approximate surface area is 192 Å². The SMILES string of the molecule is O=C1C=C(OS(=O)(=O)C(F)(F)F)C(=O)c2c(OS(=O)(=O)C(F)(F)F)ccc(OS(=O)(=O)C(F)(F)F)c21. The fourth-order valence-electron chi connectivity index (χ4n) is 2.11. The van der Waals surface area contributed by atoms with Crippen molar-refractivity contribution in [3.8, 4) is 11.5 Å². The van der Waals surface area contributed by atoms with Crippen LogP contribution in [0, 0.1) is 0 Å². The lowest BCUT2D eigenvalue weighted by Gasteiger charge is -2.21. The molecule has 1 aromatic carbocycles. The Bertz CT molecular complexity index is 1480. The third-order valence-electron chi connectivity index (χ3n) is 3.54. The van der Waals surface area contributed by atoms with Gasteiger partial charge in [-0.05, 0) is 12.1 Å². The molecule has 0 unspecified atom stereocenters. The fraction of sp³-hybridized carbons (Fsp3) is 0.231. The molecule has 0 aliphatic heterocycles. The molecule has 0 amide bonds. The first-order valence-electron chi connectivity index (χ1n) is 7.82. The molecule has 2 rings (SSSR count). The molecule has 1 aliphatic rings. The third kappa shape index (κ3) is 5.35. The van der Waals surface area contributed by atoms with E-state index in [1.54, 1.807) is 0 Å². The van der Waals surface area contributed by atoms with Crippen molar-refractivity contribution in [2.24, 2.45) is 0 Å². The predicted octanol–water partition coefficient (Wildman–Crippen LogP) is 2.27. The van der Waals surface area contributed by atoms with E-state index in [1.807, 2.05) is 0 Å². The van der Waals surface area contributed by atoms with Gasteiger partial charge in [0.1, 0.15) is 0 Å². The molecule has 0 N–H and O–H groups in total. The third-order valence-corrected chi connectivity index (χ3v) is 6.43. The number of hydrogen-bond acceptors (Lipinski definition) is 11. The first-order valence-corrected chi connectivity index (χ1v) is 12.0. The van der Waals surface area contributed by atoms with Crippen molar-refractivity contribution in [1.29, 1.82) is 0 Å². The van der Waals surface area contributed by atoms with Crippen molar-refractivity contribution in [1.82, 2.24) is 0 Å². The smallest absolute Gasteiger partial charge is 0.375 e. The maximum atomic E-state index is 12.7. The summed E-state index contributed by atoms with van der Waals surface area (Å²) < 4.78 is 191. The van der Waals surface area contributed by atoms with Gasteiger partial charge in [0, 0.05) is 6.08 Å². The van der Waals surface area contributed by atoms with Crippen LogP contribution in [-0.2, 0) is 34.5 Å². The van der Waals surface area contributed by atoms with Gasteiger partial charge in [-0.3, -0.25) is 9.59 Å². The van der Waals surface area contributed by atoms with E-state index < -0.39 is 92.9 Å². The van der Waals surface area contributed by atoms with E-state index in [4.69, 9.17) is 0 Å². The van der Waals surface area contributed by atoms with Crippen LogP contribution in [0.1, 0.15) is 20.7 Å². The van der Waals surface area contributed by atoms with E-state index >= 15 is 0 Å². The molecule has 0 aromatic heterocycles. The fourth-order valence-corrected chi connectivity index (χ4v) is 3.51. The highest BCUT2D eigenvalue weighted by Gasteiger charge is 2.53. The topological polar surface area (TPSA) is 164 Å². The summed E-state index contributed by atoms with van der Waals surface area (Å²) in [4.78, 5) is 24.8. The largest absolute Gasteiger partial charge is 0.534 e. The van der Waals surface area contributed by atoms with Crippen LogP contribution in [0.25, 0.3) is 0 Å². The zero-order valence-corrected chi connectivity index (χ0v) is 18.3. The summed E-state index contributed by atoms with van der Waals surface area (Å²) >= 11 is 0. The molecule has 0 bridgehead atoms. The minimum atomic E-state index is -6.74. The molecule has 11 nitrogen and oxygen atoms in total. The Kier molecular flexibility index (Phi) is 6.88. The van der Waals surface area contributed by atoms with Gasteiger partial charge in [0.2, 0.25) is 5.78 Å². The summed E-state index contributed by atoms with van der Waals surface area (Å²) in [5, 5.41) is 0. The lowest BCUT2D eigenvalue weighted by Crippen LogP contribution is -2.32. The highest BCUT2D eigenvalue weighted by molar-refractivity contribution is 7.88. The van der Waals surface area contributed by atoms with Crippen molar-refractivity contribution >= 4 is 41.9 Å². The van der Waals surface area contributed by atoms with Gasteiger partial charge in [-0.2, -0.15) is 64.8 Å². The lowest BCUT2D eigenvalue weighted by molar-refractivity contribution is -0.0522. The number of carbonyl (C=O) groups excluding carboxylic acids is 2. The average molecular weight is 602 g/mol. The second-order valence-corrected chi connectivity index (χ2v) is 10.6. The van der Waals surface area contributed by atoms with Gasteiger partial charge >= 0.3 is 46.9 Å².